The number of hydrogen-bond acceptors (Lipinski definition) is 6. The molecule has 1 aliphatic carbocycles. The SMILES string of the molecule is O=C(NCCC1CCOC12CN(CC1CC1)C2)c1ccncc1.O=C(O)C(F)(F)F.O=C(O)C(F)(F)F. The molecule has 1 unspecified atom stereocenters. The van der Waals surface area contributed by atoms with Gasteiger partial charge in [-0.05, 0) is 49.7 Å². The van der Waals surface area contributed by atoms with E-state index in [1.807, 2.05) is 0 Å². The number of aliphatic carboxylic acids is 2. The average Bonchev–Trinajstić information content (AvgIpc) is 3.51. The van der Waals surface area contributed by atoms with Gasteiger partial charge in [0.05, 0.1) is 5.60 Å². The van der Waals surface area contributed by atoms with Crippen LogP contribution in [0.5, 0.6) is 0 Å². The average molecular weight is 543 g/mol. The summed E-state index contributed by atoms with van der Waals surface area (Å²) >= 11 is 0. The summed E-state index contributed by atoms with van der Waals surface area (Å²) in [5.41, 5.74) is 0.757. The Bertz CT molecular complexity index is 894. The molecule has 2 saturated heterocycles. The minimum absolute atomic E-state index is 0.00988. The Kier molecular flexibility index (Phi) is 10.3. The number of halogens is 6. The summed E-state index contributed by atoms with van der Waals surface area (Å²) in [6, 6.07) is 3.49. The summed E-state index contributed by atoms with van der Waals surface area (Å²) in [5, 5.41) is 17.3. The van der Waals surface area contributed by atoms with Crippen LogP contribution in [-0.2, 0) is 14.3 Å². The zero-order valence-electron chi connectivity index (χ0n) is 19.5. The van der Waals surface area contributed by atoms with Crippen molar-refractivity contribution in [2.75, 3.05) is 32.8 Å². The maximum atomic E-state index is 12.1. The molecule has 3 N–H and O–H groups in total. The van der Waals surface area contributed by atoms with E-state index in [1.54, 1.807) is 24.5 Å². The molecule has 1 spiro atoms. The number of aromatic nitrogens is 1. The number of nitrogens with zero attached hydrogens (tertiary/aromatic N) is 2. The lowest BCUT2D eigenvalue weighted by Crippen LogP contribution is -2.65. The van der Waals surface area contributed by atoms with Crippen LogP contribution in [0, 0.1) is 11.8 Å². The van der Waals surface area contributed by atoms with Crippen molar-refractivity contribution < 1.29 is 55.7 Å². The van der Waals surface area contributed by atoms with E-state index in [2.05, 4.69) is 15.2 Å². The summed E-state index contributed by atoms with van der Waals surface area (Å²) < 4.78 is 69.6. The van der Waals surface area contributed by atoms with E-state index >= 15 is 0 Å². The summed E-state index contributed by atoms with van der Waals surface area (Å²) in [6.45, 7) is 5.04. The first kappa shape index (κ1) is 30.3. The van der Waals surface area contributed by atoms with Crippen LogP contribution in [0.15, 0.2) is 24.5 Å². The molecule has 1 amide bonds. The number of likely N-dealkylation sites (tertiary alicyclic amines) is 1. The summed E-state index contributed by atoms with van der Waals surface area (Å²) in [4.78, 5) is 36.3. The van der Waals surface area contributed by atoms with Crippen LogP contribution in [0.25, 0.3) is 0 Å². The smallest absolute Gasteiger partial charge is 0.475 e. The van der Waals surface area contributed by atoms with Crippen molar-refractivity contribution >= 4 is 17.8 Å². The predicted octanol–water partition coefficient (Wildman–Crippen LogP) is 2.97. The fourth-order valence-corrected chi connectivity index (χ4v) is 4.01. The largest absolute Gasteiger partial charge is 0.490 e. The number of alkyl halides is 6. The van der Waals surface area contributed by atoms with Gasteiger partial charge in [-0.1, -0.05) is 0 Å². The number of carbonyl (C=O) groups is 3. The van der Waals surface area contributed by atoms with E-state index in [1.165, 1.54) is 19.4 Å². The van der Waals surface area contributed by atoms with Crippen molar-refractivity contribution in [2.24, 2.45) is 11.8 Å². The second kappa shape index (κ2) is 12.5. The molecule has 0 bridgehead atoms. The Labute approximate surface area is 207 Å². The van der Waals surface area contributed by atoms with Crippen molar-refractivity contribution in [2.45, 2.75) is 43.6 Å². The van der Waals surface area contributed by atoms with Crippen molar-refractivity contribution in [1.82, 2.24) is 15.2 Å². The van der Waals surface area contributed by atoms with Crippen LogP contribution >= 0.6 is 0 Å². The predicted molar refractivity (Wildman–Crippen MR) is 115 cm³/mol. The van der Waals surface area contributed by atoms with Gasteiger partial charge >= 0.3 is 24.3 Å². The van der Waals surface area contributed by atoms with E-state index < -0.39 is 24.3 Å². The number of ether oxygens (including phenoxy) is 1. The molecule has 3 aliphatic rings. The van der Waals surface area contributed by atoms with Crippen LogP contribution in [0.3, 0.4) is 0 Å². The Hall–Kier alpha value is -2.94. The monoisotopic (exact) mass is 543 g/mol. The van der Waals surface area contributed by atoms with Crippen LogP contribution in [0.4, 0.5) is 26.3 Å². The van der Waals surface area contributed by atoms with Crippen molar-refractivity contribution in [1.29, 1.82) is 0 Å². The first-order valence-corrected chi connectivity index (χ1v) is 11.3. The number of nitrogens with one attached hydrogen (secondary N) is 1. The van der Waals surface area contributed by atoms with Crippen LogP contribution in [-0.4, -0.2) is 88.7 Å². The van der Waals surface area contributed by atoms with Crippen molar-refractivity contribution in [3.8, 4) is 0 Å². The van der Waals surface area contributed by atoms with Gasteiger partial charge in [0.2, 0.25) is 0 Å². The number of pyridine rings is 1. The van der Waals surface area contributed by atoms with Gasteiger partial charge in [-0.3, -0.25) is 14.7 Å². The maximum Gasteiger partial charge on any atom is 0.490 e. The molecule has 1 atom stereocenters. The van der Waals surface area contributed by atoms with E-state index in [0.29, 0.717) is 11.5 Å². The molecular formula is C22H27F6N3O6. The molecule has 208 valence electrons. The molecule has 1 aromatic heterocycles. The van der Waals surface area contributed by atoms with E-state index in [0.717, 1.165) is 45.0 Å². The molecule has 3 heterocycles. The fourth-order valence-electron chi connectivity index (χ4n) is 4.01. The lowest BCUT2D eigenvalue weighted by Gasteiger charge is -2.50. The Morgan fingerprint density at radius 1 is 1.00 bits per heavy atom. The molecule has 0 radical (unpaired) electrons. The molecule has 2 aliphatic heterocycles. The third-order valence-electron chi connectivity index (χ3n) is 6.00. The normalized spacial score (nSPS) is 20.5. The molecule has 1 saturated carbocycles. The number of hydrogen-bond donors (Lipinski definition) is 3. The van der Waals surface area contributed by atoms with Crippen LogP contribution < -0.4 is 5.32 Å². The number of rotatable bonds is 6. The van der Waals surface area contributed by atoms with Gasteiger partial charge in [0, 0.05) is 50.7 Å². The van der Waals surface area contributed by atoms with Gasteiger partial charge in [-0.25, -0.2) is 9.59 Å². The van der Waals surface area contributed by atoms with E-state index in [9.17, 15) is 31.1 Å². The minimum atomic E-state index is -5.08. The van der Waals surface area contributed by atoms with Gasteiger partial charge in [0.25, 0.3) is 5.91 Å². The van der Waals surface area contributed by atoms with Crippen LogP contribution in [0.2, 0.25) is 0 Å². The third kappa shape index (κ3) is 9.80. The lowest BCUT2D eigenvalue weighted by molar-refractivity contribution is -0.193. The van der Waals surface area contributed by atoms with Gasteiger partial charge in [0.15, 0.2) is 0 Å². The highest BCUT2D eigenvalue weighted by Crippen LogP contribution is 2.43. The first-order valence-electron chi connectivity index (χ1n) is 11.3. The first-order chi connectivity index (χ1) is 17.1. The highest BCUT2D eigenvalue weighted by Gasteiger charge is 2.53. The molecular weight excluding hydrogens is 516 g/mol. The molecule has 4 rings (SSSR count). The second-order valence-corrected chi connectivity index (χ2v) is 8.90. The zero-order valence-corrected chi connectivity index (χ0v) is 19.5. The minimum Gasteiger partial charge on any atom is -0.475 e. The second-order valence-electron chi connectivity index (χ2n) is 8.90. The van der Waals surface area contributed by atoms with Crippen LogP contribution in [0.1, 0.15) is 36.0 Å². The summed E-state index contributed by atoms with van der Waals surface area (Å²) in [5.74, 6) is -3.99. The molecule has 9 nitrogen and oxygen atoms in total. The number of carbonyl (C=O) groups excluding carboxylic acids is 1. The molecule has 1 aromatic rings. The molecule has 0 aromatic carbocycles. The number of carboxylic acids is 2. The Morgan fingerprint density at radius 3 is 1.97 bits per heavy atom. The number of carboxylic acid groups (broad SMARTS) is 2. The standard InChI is InChI=1S/C18H25N3O2.2C2HF3O2/c22-17(15-3-7-19-8-4-15)20-9-5-16-6-10-23-18(16)12-21(13-18)11-14-1-2-14;2*3-2(4,5)1(6)7/h3-4,7-8,14,16H,1-2,5-6,9-13H2,(H,20,22);2*(H,6,7). The fraction of sp³-hybridized carbons (Fsp3) is 0.636. The van der Waals surface area contributed by atoms with Crippen molar-refractivity contribution in [3.05, 3.63) is 30.1 Å². The number of amides is 1. The van der Waals surface area contributed by atoms with E-state index in [4.69, 9.17) is 24.5 Å². The molecule has 15 heteroatoms. The summed E-state index contributed by atoms with van der Waals surface area (Å²) in [7, 11) is 0. The highest BCUT2D eigenvalue weighted by molar-refractivity contribution is 5.93. The quantitative estimate of drug-likeness (QED) is 0.468. The topological polar surface area (TPSA) is 129 Å². The highest BCUT2D eigenvalue weighted by atomic mass is 19.4. The summed E-state index contributed by atoms with van der Waals surface area (Å²) in [6.07, 6.45) is -1.91. The Morgan fingerprint density at radius 2 is 1.51 bits per heavy atom. The molecule has 3 fully saturated rings. The van der Waals surface area contributed by atoms with Gasteiger partial charge in [0.1, 0.15) is 0 Å². The molecule has 37 heavy (non-hydrogen) atoms. The lowest BCUT2D eigenvalue weighted by atomic mass is 9.79. The zero-order chi connectivity index (χ0) is 27.9. The van der Waals surface area contributed by atoms with Gasteiger partial charge < -0.3 is 20.3 Å². The van der Waals surface area contributed by atoms with Crippen molar-refractivity contribution in [3.63, 3.8) is 0 Å². The maximum absolute atomic E-state index is 12.1. The van der Waals surface area contributed by atoms with E-state index in [-0.39, 0.29) is 11.5 Å². The third-order valence-corrected chi connectivity index (χ3v) is 6.00. The Balaban J connectivity index is 0.000000286. The van der Waals surface area contributed by atoms with Gasteiger partial charge in [-0.15, -0.1) is 0 Å². The van der Waals surface area contributed by atoms with Gasteiger partial charge in [-0.2, -0.15) is 26.3 Å².